The minimum absolute atomic E-state index is 0.00697. The third-order valence-electron chi connectivity index (χ3n) is 8.87. The van der Waals surface area contributed by atoms with Gasteiger partial charge in [-0.05, 0) is 30.4 Å². The summed E-state index contributed by atoms with van der Waals surface area (Å²) in [4.78, 5) is 48.8. The third-order valence-corrected chi connectivity index (χ3v) is 12.1. The van der Waals surface area contributed by atoms with Gasteiger partial charge < -0.3 is 19.8 Å². The van der Waals surface area contributed by atoms with Crippen LogP contribution in [-0.2, 0) is 27.5 Å². The number of hydrogen-bond donors (Lipinski definition) is 1. The van der Waals surface area contributed by atoms with E-state index in [1.54, 1.807) is 38.6 Å². The fraction of sp³-hybridized carbons (Fsp3) is 0.441. The number of carbonyl (C=O) groups excluding carboxylic acids is 3. The van der Waals surface area contributed by atoms with Crippen molar-refractivity contribution in [3.63, 3.8) is 0 Å². The van der Waals surface area contributed by atoms with Gasteiger partial charge in [0.15, 0.2) is 0 Å². The molecule has 5 rings (SSSR count). The van der Waals surface area contributed by atoms with Crippen molar-refractivity contribution in [2.24, 2.45) is 11.8 Å². The fourth-order valence-corrected chi connectivity index (χ4v) is 10.7. The van der Waals surface area contributed by atoms with Gasteiger partial charge in [0.05, 0.1) is 16.6 Å². The maximum Gasteiger partial charge on any atom is 0.247 e. The summed E-state index contributed by atoms with van der Waals surface area (Å²) >= 11 is 5.53. The number of benzene rings is 2. The summed E-state index contributed by atoms with van der Waals surface area (Å²) in [6.45, 7) is 9.72. The molecule has 3 aliphatic rings. The molecular weight excluding hydrogens is 626 g/mol. The molecule has 7 nitrogen and oxygen atoms in total. The number of thioether (sulfide) groups is 1. The van der Waals surface area contributed by atoms with Crippen molar-refractivity contribution in [1.29, 1.82) is 0 Å². The standard InChI is InChI=1S/C34H40BrN3O4S/c1-3-17-36(22-24-13-7-5-8-14-24)31(40)27-28-32(41)38(19-11-12-20-39)30(34(28)21-26(35)29(27)43-34)33(42)37(18-4-2)23-25-15-9-6-10-16-25/h3-10,13-16,26-30,39H,1-2,11-12,17-23H2/t26?,27-,28+,29-,30?,34?/m1/s1. The van der Waals surface area contributed by atoms with E-state index in [1.807, 2.05) is 60.7 Å². The van der Waals surface area contributed by atoms with Gasteiger partial charge in [0.25, 0.3) is 0 Å². The molecule has 2 aromatic rings. The molecule has 3 unspecified atom stereocenters. The second-order valence-corrected chi connectivity index (χ2v) is 14.3. The van der Waals surface area contributed by atoms with Crippen LogP contribution in [-0.4, -0.2) is 84.6 Å². The molecule has 3 fully saturated rings. The molecule has 2 bridgehead atoms. The summed E-state index contributed by atoms with van der Waals surface area (Å²) < 4.78 is -0.727. The number of hydrogen-bond acceptors (Lipinski definition) is 5. The van der Waals surface area contributed by atoms with Crippen LogP contribution in [0.2, 0.25) is 0 Å². The Hall–Kier alpha value is -2.88. The molecule has 0 aliphatic carbocycles. The average molecular weight is 667 g/mol. The number of alkyl halides is 1. The fourth-order valence-electron chi connectivity index (χ4n) is 7.09. The quantitative estimate of drug-likeness (QED) is 0.181. The van der Waals surface area contributed by atoms with Crippen LogP contribution in [0.1, 0.15) is 30.4 Å². The van der Waals surface area contributed by atoms with Crippen LogP contribution in [0.5, 0.6) is 0 Å². The number of nitrogens with zero attached hydrogens (tertiary/aromatic N) is 3. The molecule has 228 valence electrons. The first-order valence-electron chi connectivity index (χ1n) is 15.0. The Kier molecular flexibility index (Phi) is 10.1. The van der Waals surface area contributed by atoms with E-state index in [0.29, 0.717) is 52.0 Å². The molecule has 1 N–H and O–H groups in total. The van der Waals surface area contributed by atoms with Gasteiger partial charge in [0, 0.05) is 49.4 Å². The summed E-state index contributed by atoms with van der Waals surface area (Å²) in [5.41, 5.74) is 2.01. The number of aliphatic hydroxyl groups excluding tert-OH is 1. The first kappa shape index (κ1) is 31.5. The summed E-state index contributed by atoms with van der Waals surface area (Å²) in [5, 5.41) is 9.37. The number of unbranched alkanes of at least 4 members (excludes halogenated alkanes) is 1. The third kappa shape index (κ3) is 6.08. The van der Waals surface area contributed by atoms with E-state index in [1.165, 1.54) is 0 Å². The van der Waals surface area contributed by atoms with Crippen LogP contribution in [0, 0.1) is 11.8 Å². The Labute approximate surface area is 267 Å². The highest BCUT2D eigenvalue weighted by molar-refractivity contribution is 9.09. The number of aliphatic hydroxyl groups is 1. The van der Waals surface area contributed by atoms with Crippen LogP contribution in [0.3, 0.4) is 0 Å². The zero-order valence-corrected chi connectivity index (χ0v) is 26.8. The zero-order valence-electron chi connectivity index (χ0n) is 24.4. The smallest absolute Gasteiger partial charge is 0.247 e. The van der Waals surface area contributed by atoms with Gasteiger partial charge >= 0.3 is 0 Å². The highest BCUT2D eigenvalue weighted by Crippen LogP contribution is 2.68. The lowest BCUT2D eigenvalue weighted by atomic mass is 9.70. The maximum atomic E-state index is 14.6. The van der Waals surface area contributed by atoms with Gasteiger partial charge in [-0.3, -0.25) is 14.4 Å². The number of likely N-dealkylation sites (tertiary alicyclic amines) is 1. The Bertz CT molecular complexity index is 1330. The molecule has 9 heteroatoms. The van der Waals surface area contributed by atoms with E-state index in [0.717, 1.165) is 11.1 Å². The van der Waals surface area contributed by atoms with Crippen molar-refractivity contribution >= 4 is 45.4 Å². The van der Waals surface area contributed by atoms with Crippen molar-refractivity contribution in [3.05, 3.63) is 97.1 Å². The molecule has 3 heterocycles. The van der Waals surface area contributed by atoms with E-state index in [9.17, 15) is 19.5 Å². The van der Waals surface area contributed by atoms with E-state index >= 15 is 0 Å². The molecule has 43 heavy (non-hydrogen) atoms. The van der Waals surface area contributed by atoms with E-state index in [2.05, 4.69) is 29.1 Å². The minimum atomic E-state index is -0.727. The predicted octanol–water partition coefficient (Wildman–Crippen LogP) is 4.65. The first-order valence-corrected chi connectivity index (χ1v) is 16.8. The number of rotatable bonds is 14. The number of amides is 3. The molecule has 3 amide bonds. The highest BCUT2D eigenvalue weighted by Gasteiger charge is 2.76. The molecule has 2 aromatic carbocycles. The summed E-state index contributed by atoms with van der Waals surface area (Å²) in [6, 6.07) is 19.0. The van der Waals surface area contributed by atoms with Crippen LogP contribution < -0.4 is 0 Å². The van der Waals surface area contributed by atoms with Gasteiger partial charge in [0.1, 0.15) is 6.04 Å². The average Bonchev–Trinajstić information content (AvgIpc) is 3.60. The summed E-state index contributed by atoms with van der Waals surface area (Å²) in [7, 11) is 0. The van der Waals surface area contributed by atoms with Gasteiger partial charge in [-0.1, -0.05) is 88.7 Å². The molecule has 1 spiro atoms. The lowest BCUT2D eigenvalue weighted by Gasteiger charge is -2.38. The monoisotopic (exact) mass is 665 g/mol. The Morgan fingerprint density at radius 1 is 0.953 bits per heavy atom. The summed E-state index contributed by atoms with van der Waals surface area (Å²) in [6.07, 6.45) is 5.19. The van der Waals surface area contributed by atoms with Crippen molar-refractivity contribution in [2.75, 3.05) is 26.2 Å². The number of fused-ring (bicyclic) bond motifs is 1. The van der Waals surface area contributed by atoms with Gasteiger partial charge in [0.2, 0.25) is 17.7 Å². The predicted molar refractivity (Wildman–Crippen MR) is 174 cm³/mol. The first-order chi connectivity index (χ1) is 20.9. The van der Waals surface area contributed by atoms with E-state index in [4.69, 9.17) is 0 Å². The van der Waals surface area contributed by atoms with Gasteiger partial charge in [-0.2, -0.15) is 0 Å². The highest BCUT2D eigenvalue weighted by atomic mass is 79.9. The maximum absolute atomic E-state index is 14.6. The Morgan fingerprint density at radius 3 is 2.05 bits per heavy atom. The Balaban J connectivity index is 1.51. The van der Waals surface area contributed by atoms with Crippen molar-refractivity contribution < 1.29 is 19.5 Å². The largest absolute Gasteiger partial charge is 0.396 e. The second kappa shape index (κ2) is 13.8. The SMILES string of the molecule is C=CCN(Cc1ccccc1)C(=O)C1N(CCCCO)C(=O)[C@@H]2[C@@H](C(=O)N(CC=C)Cc3ccccc3)[C@@H]3SC12CC3Br. The molecule has 3 saturated heterocycles. The minimum Gasteiger partial charge on any atom is -0.396 e. The second-order valence-electron chi connectivity index (χ2n) is 11.6. The lowest BCUT2D eigenvalue weighted by Crippen LogP contribution is -2.55. The van der Waals surface area contributed by atoms with Crippen molar-refractivity contribution in [3.8, 4) is 0 Å². The molecule has 0 aromatic heterocycles. The van der Waals surface area contributed by atoms with Crippen LogP contribution in [0.25, 0.3) is 0 Å². The topological polar surface area (TPSA) is 81.2 Å². The van der Waals surface area contributed by atoms with Gasteiger partial charge in [-0.15, -0.1) is 24.9 Å². The van der Waals surface area contributed by atoms with Crippen LogP contribution in [0.15, 0.2) is 86.0 Å². The molecule has 0 radical (unpaired) electrons. The molecule has 0 saturated carbocycles. The van der Waals surface area contributed by atoms with Crippen LogP contribution >= 0.6 is 27.7 Å². The van der Waals surface area contributed by atoms with Crippen molar-refractivity contribution in [1.82, 2.24) is 14.7 Å². The van der Waals surface area contributed by atoms with E-state index in [-0.39, 0.29) is 34.4 Å². The van der Waals surface area contributed by atoms with Crippen molar-refractivity contribution in [2.45, 2.75) is 53.2 Å². The molecule has 3 aliphatic heterocycles. The lowest BCUT2D eigenvalue weighted by molar-refractivity contribution is -0.145. The molecular formula is C34H40BrN3O4S. The number of carbonyl (C=O) groups is 3. The Morgan fingerprint density at radius 2 is 1.51 bits per heavy atom. The molecule has 6 atom stereocenters. The number of halogens is 1. The normalized spacial score (nSPS) is 27.2. The van der Waals surface area contributed by atoms with Crippen LogP contribution in [0.4, 0.5) is 0 Å². The zero-order chi connectivity index (χ0) is 30.6. The van der Waals surface area contributed by atoms with E-state index < -0.39 is 22.6 Å². The van der Waals surface area contributed by atoms with Gasteiger partial charge in [-0.25, -0.2) is 0 Å². The summed E-state index contributed by atoms with van der Waals surface area (Å²) in [5.74, 6) is -1.46.